The zero-order valence-corrected chi connectivity index (χ0v) is 12.9. The van der Waals surface area contributed by atoms with E-state index in [0.717, 1.165) is 24.3 Å². The molecule has 0 spiro atoms. The summed E-state index contributed by atoms with van der Waals surface area (Å²) in [4.78, 5) is 12.1. The predicted molar refractivity (Wildman–Crippen MR) is 85.3 cm³/mol. The van der Waals surface area contributed by atoms with Crippen molar-refractivity contribution in [2.24, 2.45) is 5.92 Å². The monoisotopic (exact) mass is 290 g/mol. The maximum Gasteiger partial charge on any atom is 0.319 e. The summed E-state index contributed by atoms with van der Waals surface area (Å²) in [6.45, 7) is 3.93. The quantitative estimate of drug-likeness (QED) is 0.789. The first-order valence-corrected chi connectivity index (χ1v) is 7.94. The molecule has 0 radical (unpaired) electrons. The molecule has 21 heavy (non-hydrogen) atoms. The predicted octanol–water partition coefficient (Wildman–Crippen LogP) is 3.83. The molecular weight excluding hydrogens is 264 g/mol. The number of aliphatic hydroxyl groups excluding tert-OH is 1. The van der Waals surface area contributed by atoms with Crippen LogP contribution in [0.4, 0.5) is 10.5 Å². The minimum Gasteiger partial charge on any atom is -0.389 e. The van der Waals surface area contributed by atoms with Gasteiger partial charge in [-0.25, -0.2) is 4.79 Å². The minimum absolute atomic E-state index is 0.153. The van der Waals surface area contributed by atoms with Crippen LogP contribution >= 0.6 is 0 Å². The normalized spacial score (nSPS) is 23.4. The summed E-state index contributed by atoms with van der Waals surface area (Å²) in [5.41, 5.74) is 1.52. The van der Waals surface area contributed by atoms with Gasteiger partial charge in [-0.2, -0.15) is 0 Å². The molecule has 1 fully saturated rings. The second-order valence-electron chi connectivity index (χ2n) is 6.04. The lowest BCUT2D eigenvalue weighted by molar-refractivity contribution is 0.199. The van der Waals surface area contributed by atoms with Crippen molar-refractivity contribution in [3.63, 3.8) is 0 Å². The molecule has 116 valence electrons. The van der Waals surface area contributed by atoms with E-state index >= 15 is 0 Å². The van der Waals surface area contributed by atoms with Crippen LogP contribution in [0.1, 0.15) is 57.6 Å². The molecular formula is C17H26N2O2. The van der Waals surface area contributed by atoms with Crippen LogP contribution in [0.2, 0.25) is 0 Å². The molecule has 1 aliphatic carbocycles. The highest BCUT2D eigenvalue weighted by Gasteiger charge is 2.22. The Morgan fingerprint density at radius 2 is 2.24 bits per heavy atom. The third-order valence-electron chi connectivity index (χ3n) is 4.32. The van der Waals surface area contributed by atoms with E-state index in [0.29, 0.717) is 5.69 Å². The number of benzene rings is 1. The number of hydrogen-bond donors (Lipinski definition) is 3. The maximum atomic E-state index is 12.1. The zero-order valence-electron chi connectivity index (χ0n) is 12.9. The number of nitrogens with one attached hydrogen (secondary N) is 2. The van der Waals surface area contributed by atoms with Gasteiger partial charge in [0.1, 0.15) is 0 Å². The number of anilines is 1. The van der Waals surface area contributed by atoms with Gasteiger partial charge >= 0.3 is 6.03 Å². The van der Waals surface area contributed by atoms with Crippen LogP contribution < -0.4 is 10.6 Å². The summed E-state index contributed by atoms with van der Waals surface area (Å²) in [7, 11) is 0. The molecule has 0 aromatic heterocycles. The average molecular weight is 290 g/mol. The van der Waals surface area contributed by atoms with Gasteiger partial charge in [0, 0.05) is 11.7 Å². The highest BCUT2D eigenvalue weighted by atomic mass is 16.3. The van der Waals surface area contributed by atoms with Crippen molar-refractivity contribution >= 4 is 11.7 Å². The van der Waals surface area contributed by atoms with Gasteiger partial charge in [0.05, 0.1) is 6.10 Å². The van der Waals surface area contributed by atoms with E-state index < -0.39 is 6.10 Å². The second kappa shape index (κ2) is 7.46. The van der Waals surface area contributed by atoms with Gasteiger partial charge in [0.25, 0.3) is 0 Å². The summed E-state index contributed by atoms with van der Waals surface area (Å²) in [5.74, 6) is 0.739. The van der Waals surface area contributed by atoms with E-state index in [1.807, 2.05) is 18.2 Å². The Balaban J connectivity index is 1.88. The summed E-state index contributed by atoms with van der Waals surface area (Å²) >= 11 is 0. The summed E-state index contributed by atoms with van der Waals surface area (Å²) in [6, 6.07) is 7.45. The van der Waals surface area contributed by atoms with E-state index in [4.69, 9.17) is 0 Å². The SMILES string of the molecule is CCC1CCCC(NC(=O)Nc2cccc(C(C)O)c2)C1. The van der Waals surface area contributed by atoms with Crippen LogP contribution in [0.5, 0.6) is 0 Å². The van der Waals surface area contributed by atoms with Gasteiger partial charge in [-0.3, -0.25) is 0 Å². The standard InChI is InChI=1S/C17H26N2O2/c1-3-13-6-4-8-15(10-13)18-17(21)19-16-9-5-7-14(11-16)12(2)20/h5,7,9,11-13,15,20H,3-4,6,8,10H2,1-2H3,(H2,18,19,21). The van der Waals surface area contributed by atoms with Crippen LogP contribution in [0, 0.1) is 5.92 Å². The van der Waals surface area contributed by atoms with Crippen LogP contribution in [0.15, 0.2) is 24.3 Å². The number of amides is 2. The largest absolute Gasteiger partial charge is 0.389 e. The number of carbonyl (C=O) groups is 1. The van der Waals surface area contributed by atoms with E-state index in [9.17, 15) is 9.90 Å². The van der Waals surface area contributed by atoms with Crippen molar-refractivity contribution in [1.82, 2.24) is 5.32 Å². The summed E-state index contributed by atoms with van der Waals surface area (Å²) in [5, 5.41) is 15.5. The van der Waals surface area contributed by atoms with Crippen LogP contribution in [0.3, 0.4) is 0 Å². The van der Waals surface area contributed by atoms with Gasteiger partial charge in [-0.05, 0) is 43.4 Å². The zero-order chi connectivity index (χ0) is 15.2. The number of rotatable bonds is 4. The van der Waals surface area contributed by atoms with E-state index in [1.54, 1.807) is 13.0 Å². The Kier molecular flexibility index (Phi) is 5.62. The fourth-order valence-electron chi connectivity index (χ4n) is 3.02. The molecule has 1 aliphatic rings. The first kappa shape index (κ1) is 15.8. The smallest absolute Gasteiger partial charge is 0.319 e. The average Bonchev–Trinajstić information content (AvgIpc) is 2.47. The van der Waals surface area contributed by atoms with Crippen LogP contribution in [-0.4, -0.2) is 17.2 Å². The molecule has 4 heteroatoms. The lowest BCUT2D eigenvalue weighted by atomic mass is 9.84. The third kappa shape index (κ3) is 4.74. The molecule has 2 rings (SSSR count). The van der Waals surface area contributed by atoms with Crippen molar-refractivity contribution < 1.29 is 9.90 Å². The highest BCUT2D eigenvalue weighted by Crippen LogP contribution is 2.26. The molecule has 3 atom stereocenters. The van der Waals surface area contributed by atoms with Gasteiger partial charge in [-0.15, -0.1) is 0 Å². The number of hydrogen-bond acceptors (Lipinski definition) is 2. The maximum absolute atomic E-state index is 12.1. The molecule has 3 unspecified atom stereocenters. The first-order valence-electron chi connectivity index (χ1n) is 7.94. The number of carbonyl (C=O) groups excluding carboxylic acids is 1. The Morgan fingerprint density at radius 1 is 1.43 bits per heavy atom. The number of aliphatic hydroxyl groups is 1. The molecule has 0 heterocycles. The second-order valence-corrected chi connectivity index (χ2v) is 6.04. The molecule has 4 nitrogen and oxygen atoms in total. The molecule has 3 N–H and O–H groups in total. The van der Waals surface area contributed by atoms with Crippen molar-refractivity contribution in [2.45, 2.75) is 58.1 Å². The molecule has 1 aromatic carbocycles. The van der Waals surface area contributed by atoms with Gasteiger partial charge in [0.15, 0.2) is 0 Å². The lowest BCUT2D eigenvalue weighted by Crippen LogP contribution is -2.40. The molecule has 2 amide bonds. The molecule has 0 bridgehead atoms. The first-order chi connectivity index (χ1) is 10.1. The number of urea groups is 1. The molecule has 1 saturated carbocycles. The fourth-order valence-corrected chi connectivity index (χ4v) is 3.02. The Labute approximate surface area is 126 Å². The van der Waals surface area contributed by atoms with Crippen molar-refractivity contribution in [1.29, 1.82) is 0 Å². The molecule has 0 saturated heterocycles. The van der Waals surface area contributed by atoms with E-state index in [1.165, 1.54) is 19.3 Å². The summed E-state index contributed by atoms with van der Waals surface area (Å²) in [6.07, 6.45) is 5.29. The van der Waals surface area contributed by atoms with Crippen molar-refractivity contribution in [3.05, 3.63) is 29.8 Å². The Bertz CT molecular complexity index is 474. The van der Waals surface area contributed by atoms with E-state index in [-0.39, 0.29) is 12.1 Å². The lowest BCUT2D eigenvalue weighted by Gasteiger charge is -2.29. The minimum atomic E-state index is -0.529. The van der Waals surface area contributed by atoms with Crippen LogP contribution in [-0.2, 0) is 0 Å². The van der Waals surface area contributed by atoms with Gasteiger partial charge < -0.3 is 15.7 Å². The fraction of sp³-hybridized carbons (Fsp3) is 0.588. The molecule has 0 aliphatic heterocycles. The molecule has 1 aromatic rings. The topological polar surface area (TPSA) is 61.4 Å². The van der Waals surface area contributed by atoms with E-state index in [2.05, 4.69) is 17.6 Å². The van der Waals surface area contributed by atoms with Crippen molar-refractivity contribution in [3.8, 4) is 0 Å². The van der Waals surface area contributed by atoms with Crippen LogP contribution in [0.25, 0.3) is 0 Å². The van der Waals surface area contributed by atoms with Gasteiger partial charge in [0.2, 0.25) is 0 Å². The Hall–Kier alpha value is -1.55. The Morgan fingerprint density at radius 3 is 2.95 bits per heavy atom. The third-order valence-corrected chi connectivity index (χ3v) is 4.32. The van der Waals surface area contributed by atoms with Crippen molar-refractivity contribution in [2.75, 3.05) is 5.32 Å². The highest BCUT2D eigenvalue weighted by molar-refractivity contribution is 5.89. The van der Waals surface area contributed by atoms with Gasteiger partial charge in [-0.1, -0.05) is 38.3 Å². The summed E-state index contributed by atoms with van der Waals surface area (Å²) < 4.78 is 0.